The zero-order valence-corrected chi connectivity index (χ0v) is 11.0. The quantitative estimate of drug-likeness (QED) is 0.781. The molecule has 0 aromatic heterocycles. The van der Waals surface area contributed by atoms with Crippen molar-refractivity contribution >= 4 is 0 Å². The van der Waals surface area contributed by atoms with Crippen LogP contribution in [0.15, 0.2) is 0 Å². The second kappa shape index (κ2) is 6.14. The van der Waals surface area contributed by atoms with Gasteiger partial charge in [-0.1, -0.05) is 6.92 Å². The highest BCUT2D eigenvalue weighted by atomic mass is 16.6. The van der Waals surface area contributed by atoms with Crippen LogP contribution in [0.25, 0.3) is 0 Å². The van der Waals surface area contributed by atoms with Gasteiger partial charge in [-0.25, -0.2) is 0 Å². The van der Waals surface area contributed by atoms with Crippen LogP contribution in [0.3, 0.4) is 0 Å². The van der Waals surface area contributed by atoms with E-state index in [1.807, 2.05) is 0 Å². The molecule has 2 rings (SSSR count). The highest BCUT2D eigenvalue weighted by Crippen LogP contribution is 2.34. The molecule has 2 heterocycles. The molecule has 2 aliphatic rings. The van der Waals surface area contributed by atoms with Gasteiger partial charge in [0.15, 0.2) is 0 Å². The number of hydrogen-bond donors (Lipinski definition) is 1. The Morgan fingerprint density at radius 1 is 1.41 bits per heavy atom. The lowest BCUT2D eigenvalue weighted by Gasteiger charge is -2.42. The van der Waals surface area contributed by atoms with E-state index in [1.54, 1.807) is 0 Å². The van der Waals surface area contributed by atoms with Gasteiger partial charge in [0.2, 0.25) is 0 Å². The van der Waals surface area contributed by atoms with Gasteiger partial charge in [0.05, 0.1) is 12.2 Å². The Balaban J connectivity index is 1.90. The normalized spacial score (nSPS) is 33.7. The molecule has 0 radical (unpaired) electrons. The third kappa shape index (κ3) is 3.19. The molecule has 0 aromatic rings. The maximum Gasteiger partial charge on any atom is 0.0951 e. The van der Waals surface area contributed by atoms with Crippen LogP contribution in [0.5, 0.6) is 0 Å². The summed E-state index contributed by atoms with van der Waals surface area (Å²) in [5, 5.41) is 0. The highest BCUT2D eigenvalue weighted by molar-refractivity contribution is 4.93. The summed E-state index contributed by atoms with van der Waals surface area (Å²) in [7, 11) is 0. The molecule has 100 valence electrons. The van der Waals surface area contributed by atoms with Crippen LogP contribution in [-0.4, -0.2) is 56.0 Å². The van der Waals surface area contributed by atoms with Crippen LogP contribution in [0.2, 0.25) is 0 Å². The zero-order chi connectivity index (χ0) is 12.1. The molecule has 17 heavy (non-hydrogen) atoms. The number of nitrogens with two attached hydrogens (primary N) is 1. The maximum absolute atomic E-state index is 5.98. The molecule has 0 aromatic carbocycles. The van der Waals surface area contributed by atoms with Crippen molar-refractivity contribution < 1.29 is 9.47 Å². The van der Waals surface area contributed by atoms with Crippen molar-refractivity contribution in [2.45, 2.75) is 44.2 Å². The SMILES string of the molecule is CCN(CCCN)C1CCOC2(CCOC2)C1. The Morgan fingerprint density at radius 3 is 2.94 bits per heavy atom. The fourth-order valence-electron chi connectivity index (χ4n) is 3.07. The van der Waals surface area contributed by atoms with Gasteiger partial charge in [-0.15, -0.1) is 0 Å². The predicted octanol–water partition coefficient (Wildman–Crippen LogP) is 0.995. The summed E-state index contributed by atoms with van der Waals surface area (Å²) in [6.45, 7) is 7.79. The van der Waals surface area contributed by atoms with Crippen molar-refractivity contribution in [2.24, 2.45) is 5.73 Å². The lowest BCUT2D eigenvalue weighted by molar-refractivity contribution is -0.106. The molecule has 0 saturated carbocycles. The first-order valence-electron chi connectivity index (χ1n) is 6.95. The predicted molar refractivity (Wildman–Crippen MR) is 68.1 cm³/mol. The van der Waals surface area contributed by atoms with Gasteiger partial charge in [-0.05, 0) is 38.9 Å². The van der Waals surface area contributed by atoms with E-state index in [1.165, 1.54) is 0 Å². The van der Waals surface area contributed by atoms with Crippen LogP contribution in [0, 0.1) is 0 Å². The van der Waals surface area contributed by atoms with E-state index in [4.69, 9.17) is 15.2 Å². The van der Waals surface area contributed by atoms with Crippen LogP contribution in [0.1, 0.15) is 32.6 Å². The Labute approximate surface area is 104 Å². The van der Waals surface area contributed by atoms with E-state index < -0.39 is 0 Å². The minimum Gasteiger partial charge on any atom is -0.378 e. The molecule has 0 amide bonds. The summed E-state index contributed by atoms with van der Waals surface area (Å²) < 4.78 is 11.5. The van der Waals surface area contributed by atoms with Crippen LogP contribution in [0.4, 0.5) is 0 Å². The molecule has 2 atom stereocenters. The first kappa shape index (κ1) is 13.3. The molecule has 2 aliphatic heterocycles. The van der Waals surface area contributed by atoms with Gasteiger partial charge in [0.25, 0.3) is 0 Å². The molecular weight excluding hydrogens is 216 g/mol. The second-order valence-electron chi connectivity index (χ2n) is 5.25. The van der Waals surface area contributed by atoms with Gasteiger partial charge in [-0.2, -0.15) is 0 Å². The smallest absolute Gasteiger partial charge is 0.0951 e. The van der Waals surface area contributed by atoms with E-state index in [0.717, 1.165) is 65.1 Å². The topological polar surface area (TPSA) is 47.7 Å². The Hall–Kier alpha value is -0.160. The van der Waals surface area contributed by atoms with E-state index in [2.05, 4.69) is 11.8 Å². The number of hydrogen-bond acceptors (Lipinski definition) is 4. The lowest BCUT2D eigenvalue weighted by Crippen LogP contribution is -2.49. The third-order valence-electron chi connectivity index (χ3n) is 4.11. The third-order valence-corrected chi connectivity index (χ3v) is 4.11. The van der Waals surface area contributed by atoms with E-state index in [-0.39, 0.29) is 5.60 Å². The second-order valence-corrected chi connectivity index (χ2v) is 5.25. The fraction of sp³-hybridized carbons (Fsp3) is 1.00. The molecule has 2 unspecified atom stereocenters. The molecular formula is C13H26N2O2. The van der Waals surface area contributed by atoms with Crippen molar-refractivity contribution in [3.05, 3.63) is 0 Å². The summed E-state index contributed by atoms with van der Waals surface area (Å²) in [6.07, 6.45) is 4.44. The molecule has 4 heteroatoms. The molecule has 2 N–H and O–H groups in total. The van der Waals surface area contributed by atoms with Crippen LogP contribution < -0.4 is 5.73 Å². The van der Waals surface area contributed by atoms with Gasteiger partial charge in [0.1, 0.15) is 0 Å². The van der Waals surface area contributed by atoms with Gasteiger partial charge in [0, 0.05) is 25.7 Å². The van der Waals surface area contributed by atoms with Gasteiger partial charge in [-0.3, -0.25) is 0 Å². The van der Waals surface area contributed by atoms with Crippen molar-refractivity contribution in [3.8, 4) is 0 Å². The first-order chi connectivity index (χ1) is 8.29. The Bertz CT molecular complexity index is 229. The van der Waals surface area contributed by atoms with E-state index in [9.17, 15) is 0 Å². The van der Waals surface area contributed by atoms with Crippen molar-refractivity contribution in [2.75, 3.05) is 39.5 Å². The molecule has 0 aliphatic carbocycles. The molecule has 1 spiro atoms. The standard InChI is InChI=1S/C13H26N2O2/c1-2-15(7-3-6-14)12-4-8-17-13(10-12)5-9-16-11-13/h12H,2-11,14H2,1H3. The van der Waals surface area contributed by atoms with Crippen molar-refractivity contribution in [1.82, 2.24) is 4.90 Å². The summed E-state index contributed by atoms with van der Waals surface area (Å²) in [5.74, 6) is 0. The van der Waals surface area contributed by atoms with Crippen molar-refractivity contribution in [3.63, 3.8) is 0 Å². The van der Waals surface area contributed by atoms with E-state index in [0.29, 0.717) is 6.04 Å². The monoisotopic (exact) mass is 242 g/mol. The minimum absolute atomic E-state index is 0.0268. The summed E-state index contributed by atoms with van der Waals surface area (Å²) >= 11 is 0. The number of ether oxygens (including phenoxy) is 2. The van der Waals surface area contributed by atoms with Gasteiger partial charge < -0.3 is 20.1 Å². The first-order valence-corrected chi connectivity index (χ1v) is 6.95. The summed E-state index contributed by atoms with van der Waals surface area (Å²) in [6, 6.07) is 0.655. The number of rotatable bonds is 5. The molecule has 2 fully saturated rings. The van der Waals surface area contributed by atoms with E-state index >= 15 is 0 Å². The summed E-state index contributed by atoms with van der Waals surface area (Å²) in [5.41, 5.74) is 5.63. The van der Waals surface area contributed by atoms with Crippen LogP contribution in [-0.2, 0) is 9.47 Å². The zero-order valence-electron chi connectivity index (χ0n) is 11.0. The minimum atomic E-state index is 0.0268. The van der Waals surface area contributed by atoms with Crippen LogP contribution >= 0.6 is 0 Å². The molecule has 4 nitrogen and oxygen atoms in total. The molecule has 0 bridgehead atoms. The van der Waals surface area contributed by atoms with Gasteiger partial charge >= 0.3 is 0 Å². The number of nitrogens with zero attached hydrogens (tertiary/aromatic N) is 1. The molecule has 2 saturated heterocycles. The maximum atomic E-state index is 5.98. The Kier molecular flexibility index (Phi) is 4.79. The largest absolute Gasteiger partial charge is 0.378 e. The summed E-state index contributed by atoms with van der Waals surface area (Å²) in [4.78, 5) is 2.56. The fourth-order valence-corrected chi connectivity index (χ4v) is 3.07. The van der Waals surface area contributed by atoms with Crippen molar-refractivity contribution in [1.29, 1.82) is 0 Å². The average molecular weight is 242 g/mol. The highest BCUT2D eigenvalue weighted by Gasteiger charge is 2.42. The Morgan fingerprint density at radius 2 is 2.29 bits per heavy atom. The lowest BCUT2D eigenvalue weighted by atomic mass is 9.89. The average Bonchev–Trinajstić information content (AvgIpc) is 2.78.